The summed E-state index contributed by atoms with van der Waals surface area (Å²) < 4.78 is 7.63. The zero-order valence-electron chi connectivity index (χ0n) is 14.7. The third kappa shape index (κ3) is 4.89. The molecule has 2 unspecified atom stereocenters. The van der Waals surface area contributed by atoms with Crippen LogP contribution >= 0.6 is 0 Å². The third-order valence-corrected chi connectivity index (χ3v) is 4.77. The first-order chi connectivity index (χ1) is 12.2. The molecular weight excluding hydrogens is 316 g/mol. The van der Waals surface area contributed by atoms with Crippen LogP contribution in [0.5, 0.6) is 0 Å². The molecule has 134 valence electrons. The number of ether oxygens (including phenoxy) is 1. The van der Waals surface area contributed by atoms with Crippen LogP contribution in [0.25, 0.3) is 11.3 Å². The number of hydrogen-bond acceptors (Lipinski definition) is 4. The predicted octanol–water partition coefficient (Wildman–Crippen LogP) is 2.66. The summed E-state index contributed by atoms with van der Waals surface area (Å²) in [5.41, 5.74) is 1.90. The van der Waals surface area contributed by atoms with Crippen molar-refractivity contribution in [3.8, 4) is 11.3 Å². The van der Waals surface area contributed by atoms with E-state index in [1.807, 2.05) is 18.2 Å². The van der Waals surface area contributed by atoms with Crippen LogP contribution in [0.3, 0.4) is 0 Å². The van der Waals surface area contributed by atoms with Gasteiger partial charge in [-0.25, -0.2) is 0 Å². The second kappa shape index (κ2) is 8.76. The van der Waals surface area contributed by atoms with E-state index < -0.39 is 0 Å². The SMILES string of the molecule is CC1CCCCC1OCCNC(=O)Cn1nccc1-c1ccncc1. The van der Waals surface area contributed by atoms with Crippen LogP contribution in [0.2, 0.25) is 0 Å². The van der Waals surface area contributed by atoms with Gasteiger partial charge in [-0.2, -0.15) is 5.10 Å². The minimum atomic E-state index is -0.0562. The highest BCUT2D eigenvalue weighted by Crippen LogP contribution is 2.26. The Hall–Kier alpha value is -2.21. The molecule has 0 spiro atoms. The maximum atomic E-state index is 12.2. The predicted molar refractivity (Wildman–Crippen MR) is 95.8 cm³/mol. The highest BCUT2D eigenvalue weighted by atomic mass is 16.5. The molecule has 6 nitrogen and oxygen atoms in total. The highest BCUT2D eigenvalue weighted by molar-refractivity contribution is 5.76. The smallest absolute Gasteiger partial charge is 0.241 e. The number of nitrogens with one attached hydrogen (secondary N) is 1. The van der Waals surface area contributed by atoms with Crippen molar-refractivity contribution in [2.75, 3.05) is 13.2 Å². The molecule has 3 rings (SSSR count). The highest BCUT2D eigenvalue weighted by Gasteiger charge is 2.21. The van der Waals surface area contributed by atoms with E-state index in [1.165, 1.54) is 19.3 Å². The summed E-state index contributed by atoms with van der Waals surface area (Å²) in [6.45, 7) is 3.55. The maximum absolute atomic E-state index is 12.2. The van der Waals surface area contributed by atoms with E-state index in [0.29, 0.717) is 25.2 Å². The van der Waals surface area contributed by atoms with Crippen molar-refractivity contribution >= 4 is 5.91 Å². The van der Waals surface area contributed by atoms with E-state index in [2.05, 4.69) is 22.3 Å². The number of amides is 1. The van der Waals surface area contributed by atoms with Crippen molar-refractivity contribution < 1.29 is 9.53 Å². The van der Waals surface area contributed by atoms with E-state index in [0.717, 1.165) is 17.7 Å². The van der Waals surface area contributed by atoms with E-state index in [4.69, 9.17) is 4.74 Å². The van der Waals surface area contributed by atoms with Gasteiger partial charge < -0.3 is 10.1 Å². The summed E-state index contributed by atoms with van der Waals surface area (Å²) in [6.07, 6.45) is 10.4. The van der Waals surface area contributed by atoms with Gasteiger partial charge in [0.2, 0.25) is 5.91 Å². The molecule has 1 aliphatic rings. The van der Waals surface area contributed by atoms with Gasteiger partial charge in [0.25, 0.3) is 0 Å². The summed E-state index contributed by atoms with van der Waals surface area (Å²) in [7, 11) is 0. The first kappa shape index (κ1) is 17.6. The van der Waals surface area contributed by atoms with Gasteiger partial charge in [-0.05, 0) is 37.0 Å². The molecule has 6 heteroatoms. The Balaban J connectivity index is 1.43. The van der Waals surface area contributed by atoms with Crippen LogP contribution in [0.15, 0.2) is 36.8 Å². The van der Waals surface area contributed by atoms with Gasteiger partial charge in [0.1, 0.15) is 6.54 Å². The van der Waals surface area contributed by atoms with Gasteiger partial charge in [-0.1, -0.05) is 19.8 Å². The summed E-state index contributed by atoms with van der Waals surface area (Å²) >= 11 is 0. The van der Waals surface area contributed by atoms with Gasteiger partial charge in [0.15, 0.2) is 0 Å². The average molecular weight is 342 g/mol. The zero-order valence-corrected chi connectivity index (χ0v) is 14.7. The number of aromatic nitrogens is 3. The van der Waals surface area contributed by atoms with Crippen LogP contribution in [0, 0.1) is 5.92 Å². The molecule has 1 aliphatic carbocycles. The van der Waals surface area contributed by atoms with E-state index in [1.54, 1.807) is 23.3 Å². The van der Waals surface area contributed by atoms with Crippen LogP contribution in [-0.2, 0) is 16.1 Å². The summed E-state index contributed by atoms with van der Waals surface area (Å²) in [4.78, 5) is 16.2. The normalized spacial score (nSPS) is 20.4. The van der Waals surface area contributed by atoms with Crippen molar-refractivity contribution in [2.24, 2.45) is 5.92 Å². The molecule has 1 saturated carbocycles. The quantitative estimate of drug-likeness (QED) is 0.786. The molecule has 1 N–H and O–H groups in total. The number of carbonyl (C=O) groups is 1. The molecule has 2 heterocycles. The maximum Gasteiger partial charge on any atom is 0.241 e. The summed E-state index contributed by atoms with van der Waals surface area (Å²) in [5.74, 6) is 0.566. The van der Waals surface area contributed by atoms with Crippen molar-refractivity contribution in [3.05, 3.63) is 36.8 Å². The Morgan fingerprint density at radius 2 is 2.04 bits per heavy atom. The molecule has 1 amide bonds. The summed E-state index contributed by atoms with van der Waals surface area (Å²) in [6, 6.07) is 5.71. The number of hydrogen-bond donors (Lipinski definition) is 1. The topological polar surface area (TPSA) is 69.0 Å². The lowest BCUT2D eigenvalue weighted by atomic mass is 9.88. The Kier molecular flexibility index (Phi) is 6.17. The molecule has 1 fully saturated rings. The molecule has 0 saturated heterocycles. The van der Waals surface area contributed by atoms with Crippen molar-refractivity contribution in [3.63, 3.8) is 0 Å². The van der Waals surface area contributed by atoms with Crippen molar-refractivity contribution in [1.29, 1.82) is 0 Å². The van der Waals surface area contributed by atoms with E-state index in [9.17, 15) is 4.79 Å². The lowest BCUT2D eigenvalue weighted by molar-refractivity contribution is -0.122. The van der Waals surface area contributed by atoms with E-state index >= 15 is 0 Å². The Morgan fingerprint density at radius 3 is 2.84 bits per heavy atom. The Labute approximate surface area is 148 Å². The zero-order chi connectivity index (χ0) is 17.5. The van der Waals surface area contributed by atoms with Gasteiger partial charge in [-0.3, -0.25) is 14.5 Å². The standard InChI is InChI=1S/C19H26N4O2/c1-15-4-2-3-5-18(15)25-13-12-21-19(24)14-23-17(8-11-22-23)16-6-9-20-10-7-16/h6-11,15,18H,2-5,12-14H2,1H3,(H,21,24). The minimum absolute atomic E-state index is 0.0562. The molecule has 2 aromatic rings. The first-order valence-electron chi connectivity index (χ1n) is 9.04. The first-order valence-corrected chi connectivity index (χ1v) is 9.04. The van der Waals surface area contributed by atoms with Gasteiger partial charge in [0.05, 0.1) is 18.4 Å². The Bertz CT molecular complexity index is 671. The molecule has 0 bridgehead atoms. The number of pyridine rings is 1. The molecule has 25 heavy (non-hydrogen) atoms. The fraction of sp³-hybridized carbons (Fsp3) is 0.526. The fourth-order valence-corrected chi connectivity index (χ4v) is 3.35. The fourth-order valence-electron chi connectivity index (χ4n) is 3.35. The lowest BCUT2D eigenvalue weighted by Crippen LogP contribution is -2.33. The van der Waals surface area contributed by atoms with Crippen LogP contribution in [0.1, 0.15) is 32.6 Å². The number of rotatable bonds is 7. The largest absolute Gasteiger partial charge is 0.376 e. The molecule has 2 atom stereocenters. The van der Waals surface area contributed by atoms with Crippen molar-refractivity contribution in [1.82, 2.24) is 20.1 Å². The van der Waals surface area contributed by atoms with Crippen LogP contribution in [-0.4, -0.2) is 39.9 Å². The molecule has 0 aromatic carbocycles. The second-order valence-corrected chi connectivity index (χ2v) is 6.63. The van der Waals surface area contributed by atoms with Gasteiger partial charge >= 0.3 is 0 Å². The molecule has 0 radical (unpaired) electrons. The number of carbonyl (C=O) groups excluding carboxylic acids is 1. The monoisotopic (exact) mass is 342 g/mol. The molecular formula is C19H26N4O2. The Morgan fingerprint density at radius 1 is 1.24 bits per heavy atom. The second-order valence-electron chi connectivity index (χ2n) is 6.63. The minimum Gasteiger partial charge on any atom is -0.376 e. The van der Waals surface area contributed by atoms with Gasteiger partial charge in [0, 0.05) is 30.7 Å². The average Bonchev–Trinajstić information content (AvgIpc) is 3.09. The third-order valence-electron chi connectivity index (χ3n) is 4.77. The van der Waals surface area contributed by atoms with Crippen LogP contribution in [0.4, 0.5) is 0 Å². The lowest BCUT2D eigenvalue weighted by Gasteiger charge is -2.28. The van der Waals surface area contributed by atoms with E-state index in [-0.39, 0.29) is 12.5 Å². The molecule has 0 aliphatic heterocycles. The molecule has 2 aromatic heterocycles. The summed E-state index contributed by atoms with van der Waals surface area (Å²) in [5, 5.41) is 7.17. The van der Waals surface area contributed by atoms with Crippen LogP contribution < -0.4 is 5.32 Å². The van der Waals surface area contributed by atoms with Crippen molar-refractivity contribution in [2.45, 2.75) is 45.3 Å². The number of nitrogens with zero attached hydrogens (tertiary/aromatic N) is 3. The van der Waals surface area contributed by atoms with Gasteiger partial charge in [-0.15, -0.1) is 0 Å².